The van der Waals surface area contributed by atoms with Crippen LogP contribution in [0.4, 0.5) is 16.6 Å². The number of nitrogen functional groups attached to an aromatic ring is 1. The molecule has 116 valence electrons. The summed E-state index contributed by atoms with van der Waals surface area (Å²) in [7, 11) is 0. The summed E-state index contributed by atoms with van der Waals surface area (Å²) in [5.74, 6) is 0.676. The van der Waals surface area contributed by atoms with E-state index in [1.807, 2.05) is 20.8 Å². The van der Waals surface area contributed by atoms with Crippen LogP contribution in [0.25, 0.3) is 0 Å². The summed E-state index contributed by atoms with van der Waals surface area (Å²) in [6.45, 7) is 6.74. The molecule has 1 aromatic rings. The molecule has 0 spiro atoms. The molecule has 2 rings (SSSR count). The molecule has 1 atom stereocenters. The molecule has 0 radical (unpaired) electrons. The SMILES string of the molecule is CC(C)(C)OC(=O)N1CCC(Nc2cc(Cl)nc(N)n2)C1. The molecule has 2 heterocycles. The van der Waals surface area contributed by atoms with Crippen molar-refractivity contribution >= 4 is 29.5 Å². The van der Waals surface area contributed by atoms with Crippen molar-refractivity contribution in [2.75, 3.05) is 24.1 Å². The largest absolute Gasteiger partial charge is 0.444 e. The van der Waals surface area contributed by atoms with Gasteiger partial charge in [-0.2, -0.15) is 4.98 Å². The monoisotopic (exact) mass is 313 g/mol. The molecule has 1 unspecified atom stereocenters. The second kappa shape index (κ2) is 5.93. The van der Waals surface area contributed by atoms with Crippen molar-refractivity contribution in [2.45, 2.75) is 38.8 Å². The molecule has 3 N–H and O–H groups in total. The number of ether oxygens (including phenoxy) is 1. The number of likely N-dealkylation sites (tertiary alicyclic amines) is 1. The lowest BCUT2D eigenvalue weighted by molar-refractivity contribution is 0.0293. The van der Waals surface area contributed by atoms with Crippen LogP contribution in [0.5, 0.6) is 0 Å². The van der Waals surface area contributed by atoms with Crippen molar-refractivity contribution < 1.29 is 9.53 Å². The topological polar surface area (TPSA) is 93.4 Å². The van der Waals surface area contributed by atoms with Gasteiger partial charge in [-0.25, -0.2) is 9.78 Å². The fraction of sp³-hybridized carbons (Fsp3) is 0.615. The molecule has 7 nitrogen and oxygen atoms in total. The molecule has 0 aliphatic carbocycles. The number of amides is 1. The molecule has 0 aromatic carbocycles. The Hall–Kier alpha value is -1.76. The van der Waals surface area contributed by atoms with E-state index in [9.17, 15) is 4.79 Å². The van der Waals surface area contributed by atoms with E-state index in [0.29, 0.717) is 18.9 Å². The number of carbonyl (C=O) groups excluding carboxylic acids is 1. The van der Waals surface area contributed by atoms with E-state index in [1.165, 1.54) is 0 Å². The number of nitrogens with one attached hydrogen (secondary N) is 1. The molecule has 0 bridgehead atoms. The molecule has 1 amide bonds. The van der Waals surface area contributed by atoms with Crippen molar-refractivity contribution in [2.24, 2.45) is 0 Å². The highest BCUT2D eigenvalue weighted by Gasteiger charge is 2.29. The number of anilines is 2. The number of rotatable bonds is 2. The van der Waals surface area contributed by atoms with Crippen LogP contribution in [0.2, 0.25) is 5.15 Å². The van der Waals surface area contributed by atoms with E-state index in [2.05, 4.69) is 15.3 Å². The van der Waals surface area contributed by atoms with E-state index in [0.717, 1.165) is 6.42 Å². The van der Waals surface area contributed by atoms with E-state index >= 15 is 0 Å². The van der Waals surface area contributed by atoms with Gasteiger partial charge in [-0.05, 0) is 27.2 Å². The van der Waals surface area contributed by atoms with Crippen molar-refractivity contribution in [1.82, 2.24) is 14.9 Å². The molecule has 1 aliphatic heterocycles. The Morgan fingerprint density at radius 1 is 1.52 bits per heavy atom. The third-order valence-electron chi connectivity index (χ3n) is 2.90. The number of nitrogens with two attached hydrogens (primary N) is 1. The van der Waals surface area contributed by atoms with E-state index < -0.39 is 5.60 Å². The van der Waals surface area contributed by atoms with Crippen LogP contribution in [0, 0.1) is 0 Å². The highest BCUT2D eigenvalue weighted by atomic mass is 35.5. The average molecular weight is 314 g/mol. The third kappa shape index (κ3) is 4.63. The second-order valence-corrected chi connectivity index (χ2v) is 6.38. The number of carbonyl (C=O) groups is 1. The summed E-state index contributed by atoms with van der Waals surface area (Å²) in [5, 5.41) is 3.49. The summed E-state index contributed by atoms with van der Waals surface area (Å²) >= 11 is 5.83. The first-order valence-electron chi connectivity index (χ1n) is 6.77. The number of aromatic nitrogens is 2. The van der Waals surface area contributed by atoms with Gasteiger partial charge >= 0.3 is 6.09 Å². The summed E-state index contributed by atoms with van der Waals surface area (Å²) in [4.78, 5) is 21.5. The highest BCUT2D eigenvalue weighted by molar-refractivity contribution is 6.29. The van der Waals surface area contributed by atoms with Crippen molar-refractivity contribution in [3.8, 4) is 0 Å². The Balaban J connectivity index is 1.92. The predicted molar refractivity (Wildman–Crippen MR) is 81.3 cm³/mol. The lowest BCUT2D eigenvalue weighted by Gasteiger charge is -2.24. The molecule has 1 aliphatic rings. The smallest absolute Gasteiger partial charge is 0.410 e. The van der Waals surface area contributed by atoms with Gasteiger partial charge in [-0.15, -0.1) is 0 Å². The fourth-order valence-electron chi connectivity index (χ4n) is 2.09. The Morgan fingerprint density at radius 3 is 2.86 bits per heavy atom. The zero-order chi connectivity index (χ0) is 15.6. The molecular weight excluding hydrogens is 294 g/mol. The highest BCUT2D eigenvalue weighted by Crippen LogP contribution is 2.19. The van der Waals surface area contributed by atoms with Crippen LogP contribution < -0.4 is 11.1 Å². The molecule has 1 aromatic heterocycles. The number of hydrogen-bond acceptors (Lipinski definition) is 6. The van der Waals surface area contributed by atoms with Crippen LogP contribution >= 0.6 is 11.6 Å². The standard InChI is InChI=1S/C13H20ClN5O2/c1-13(2,3)21-12(20)19-5-4-8(7-19)16-10-6-9(14)17-11(15)18-10/h6,8H,4-5,7H2,1-3H3,(H3,15,16,17,18). The molecular formula is C13H20ClN5O2. The quantitative estimate of drug-likeness (QED) is 0.812. The van der Waals surface area contributed by atoms with Crippen molar-refractivity contribution in [3.05, 3.63) is 11.2 Å². The van der Waals surface area contributed by atoms with E-state index in [-0.39, 0.29) is 23.2 Å². The Kier molecular flexibility index (Phi) is 4.41. The van der Waals surface area contributed by atoms with Gasteiger partial charge < -0.3 is 20.7 Å². The molecule has 8 heteroatoms. The first-order chi connectivity index (χ1) is 9.73. The average Bonchev–Trinajstić information content (AvgIpc) is 2.73. The first-order valence-corrected chi connectivity index (χ1v) is 7.15. The van der Waals surface area contributed by atoms with Gasteiger partial charge in [0, 0.05) is 25.2 Å². The van der Waals surface area contributed by atoms with Gasteiger partial charge in [0.25, 0.3) is 0 Å². The summed E-state index contributed by atoms with van der Waals surface area (Å²) in [6, 6.07) is 1.69. The zero-order valence-corrected chi connectivity index (χ0v) is 13.1. The second-order valence-electron chi connectivity index (χ2n) is 5.99. The molecule has 21 heavy (non-hydrogen) atoms. The maximum atomic E-state index is 12.0. The Morgan fingerprint density at radius 2 is 2.24 bits per heavy atom. The van der Waals surface area contributed by atoms with Crippen LogP contribution in [0.15, 0.2) is 6.07 Å². The number of halogens is 1. The van der Waals surface area contributed by atoms with E-state index in [4.69, 9.17) is 22.1 Å². The number of hydrogen-bond donors (Lipinski definition) is 2. The van der Waals surface area contributed by atoms with Crippen LogP contribution in [0.1, 0.15) is 27.2 Å². The molecule has 1 fully saturated rings. The maximum absolute atomic E-state index is 12.0. The maximum Gasteiger partial charge on any atom is 0.410 e. The summed E-state index contributed by atoms with van der Waals surface area (Å²) in [5.41, 5.74) is 5.06. The van der Waals surface area contributed by atoms with Gasteiger partial charge in [0.05, 0.1) is 0 Å². The minimum absolute atomic E-state index is 0.0860. The van der Waals surface area contributed by atoms with E-state index in [1.54, 1.807) is 11.0 Å². The van der Waals surface area contributed by atoms with Crippen LogP contribution in [-0.2, 0) is 4.74 Å². The molecule has 0 saturated carbocycles. The minimum Gasteiger partial charge on any atom is -0.444 e. The summed E-state index contributed by atoms with van der Waals surface area (Å²) < 4.78 is 5.35. The van der Waals surface area contributed by atoms with Gasteiger partial charge in [0.2, 0.25) is 5.95 Å². The fourth-order valence-corrected chi connectivity index (χ4v) is 2.28. The van der Waals surface area contributed by atoms with Gasteiger partial charge in [0.1, 0.15) is 16.6 Å². The zero-order valence-electron chi connectivity index (χ0n) is 12.4. The third-order valence-corrected chi connectivity index (χ3v) is 3.10. The summed E-state index contributed by atoms with van der Waals surface area (Å²) in [6.07, 6.45) is 0.507. The minimum atomic E-state index is -0.489. The van der Waals surface area contributed by atoms with Crippen LogP contribution in [0.3, 0.4) is 0 Å². The van der Waals surface area contributed by atoms with Gasteiger partial charge in [-0.3, -0.25) is 0 Å². The van der Waals surface area contributed by atoms with Crippen LogP contribution in [-0.4, -0.2) is 45.7 Å². The lowest BCUT2D eigenvalue weighted by atomic mass is 10.2. The predicted octanol–water partition coefficient (Wildman–Crippen LogP) is 2.13. The normalized spacial score (nSPS) is 18.7. The molecule has 1 saturated heterocycles. The lowest BCUT2D eigenvalue weighted by Crippen LogP contribution is -2.36. The Bertz CT molecular complexity index is 512. The van der Waals surface area contributed by atoms with Crippen molar-refractivity contribution in [3.63, 3.8) is 0 Å². The Labute approximate surface area is 128 Å². The number of nitrogens with zero attached hydrogens (tertiary/aromatic N) is 3. The first kappa shape index (κ1) is 15.6. The van der Waals surface area contributed by atoms with Gasteiger partial charge in [0.15, 0.2) is 0 Å². The van der Waals surface area contributed by atoms with Crippen molar-refractivity contribution in [1.29, 1.82) is 0 Å². The van der Waals surface area contributed by atoms with Gasteiger partial charge in [-0.1, -0.05) is 11.6 Å².